The zero-order chi connectivity index (χ0) is 15.6. The molecule has 0 heterocycles. The van der Waals surface area contributed by atoms with Crippen LogP contribution in [-0.4, -0.2) is 17.3 Å². The minimum absolute atomic E-state index is 0.267. The van der Waals surface area contributed by atoms with Crippen LogP contribution in [0, 0.1) is 29.1 Å². The van der Waals surface area contributed by atoms with Gasteiger partial charge in [0, 0.05) is 11.4 Å². The van der Waals surface area contributed by atoms with Crippen LogP contribution < -0.4 is 5.32 Å². The summed E-state index contributed by atoms with van der Waals surface area (Å²) in [5.41, 5.74) is -1.50. The summed E-state index contributed by atoms with van der Waals surface area (Å²) in [4.78, 5) is 11.6. The van der Waals surface area contributed by atoms with Crippen molar-refractivity contribution in [2.24, 2.45) is 0 Å². The van der Waals surface area contributed by atoms with Crippen molar-refractivity contribution in [1.82, 2.24) is 5.32 Å². The van der Waals surface area contributed by atoms with E-state index in [0.29, 0.717) is 0 Å². The van der Waals surface area contributed by atoms with Crippen molar-refractivity contribution in [3.05, 3.63) is 34.6 Å². The summed E-state index contributed by atoms with van der Waals surface area (Å²) in [5, 5.41) is 1.79. The predicted octanol–water partition coefficient (Wildman–Crippen LogP) is 3.52. The molecule has 0 spiro atoms. The summed E-state index contributed by atoms with van der Waals surface area (Å²) in [6.45, 7) is 3.12. The molecule has 1 N–H and O–H groups in total. The molecule has 1 aromatic carbocycles. The molecule has 2 unspecified atom stereocenters. The van der Waals surface area contributed by atoms with Crippen LogP contribution in [0.15, 0.2) is 0 Å². The van der Waals surface area contributed by atoms with E-state index in [1.54, 1.807) is 6.92 Å². The number of benzene rings is 1. The number of nitrogens with one attached hydrogen (secondary N) is 1. The first kappa shape index (κ1) is 16.7. The van der Waals surface area contributed by atoms with Gasteiger partial charge in [-0.05, 0) is 20.3 Å². The lowest BCUT2D eigenvalue weighted by Crippen LogP contribution is -2.35. The minimum Gasteiger partial charge on any atom is -0.349 e. The van der Waals surface area contributed by atoms with Gasteiger partial charge in [0.2, 0.25) is 5.82 Å². The molecule has 20 heavy (non-hydrogen) atoms. The SMILES string of the molecule is CC(Cl)CC(C)NC(=O)c1c(F)c(F)c(F)c(F)c1F. The normalized spacial score (nSPS) is 14.0. The Morgan fingerprint density at radius 1 is 1.00 bits per heavy atom. The highest BCUT2D eigenvalue weighted by Crippen LogP contribution is 2.23. The molecular weight excluding hydrogens is 305 g/mol. The number of carbonyl (C=O) groups is 1. The minimum atomic E-state index is -2.31. The summed E-state index contributed by atoms with van der Waals surface area (Å²) in [5.74, 6) is -12.3. The van der Waals surface area contributed by atoms with Gasteiger partial charge in [0.05, 0.1) is 0 Å². The molecule has 0 radical (unpaired) electrons. The van der Waals surface area contributed by atoms with E-state index < -0.39 is 46.6 Å². The second-order valence-corrected chi connectivity index (χ2v) is 5.08. The van der Waals surface area contributed by atoms with Crippen LogP contribution in [0.1, 0.15) is 30.6 Å². The van der Waals surface area contributed by atoms with Gasteiger partial charge < -0.3 is 5.32 Å². The van der Waals surface area contributed by atoms with E-state index in [-0.39, 0.29) is 11.8 Å². The maximum atomic E-state index is 13.4. The molecule has 8 heteroatoms. The van der Waals surface area contributed by atoms with Crippen molar-refractivity contribution >= 4 is 17.5 Å². The van der Waals surface area contributed by atoms with Crippen molar-refractivity contribution in [3.63, 3.8) is 0 Å². The van der Waals surface area contributed by atoms with E-state index >= 15 is 0 Å². The van der Waals surface area contributed by atoms with Gasteiger partial charge in [-0.25, -0.2) is 22.0 Å². The average Bonchev–Trinajstić information content (AvgIpc) is 2.33. The Balaban J connectivity index is 3.11. The molecule has 1 amide bonds. The third-order valence-corrected chi connectivity index (χ3v) is 2.67. The Labute approximate surface area is 116 Å². The zero-order valence-electron chi connectivity index (χ0n) is 10.5. The van der Waals surface area contributed by atoms with Gasteiger partial charge in [-0.15, -0.1) is 11.6 Å². The van der Waals surface area contributed by atoms with E-state index in [0.717, 1.165) is 0 Å². The topological polar surface area (TPSA) is 29.1 Å². The van der Waals surface area contributed by atoms with Crippen LogP contribution in [0.25, 0.3) is 0 Å². The molecule has 0 aliphatic rings. The quantitative estimate of drug-likeness (QED) is 0.392. The fourth-order valence-corrected chi connectivity index (χ4v) is 1.91. The molecule has 0 bridgehead atoms. The molecule has 0 saturated heterocycles. The first-order chi connectivity index (χ1) is 9.16. The summed E-state index contributed by atoms with van der Waals surface area (Å²) in [7, 11) is 0. The number of amides is 1. The van der Waals surface area contributed by atoms with Crippen molar-refractivity contribution in [2.45, 2.75) is 31.7 Å². The average molecular weight is 316 g/mol. The maximum absolute atomic E-state index is 13.4. The number of halogens is 6. The van der Waals surface area contributed by atoms with E-state index in [9.17, 15) is 26.7 Å². The molecule has 0 saturated carbocycles. The molecule has 2 atom stereocenters. The molecular formula is C12H11ClF5NO. The van der Waals surface area contributed by atoms with Crippen molar-refractivity contribution < 1.29 is 26.7 Å². The third-order valence-electron chi connectivity index (χ3n) is 2.49. The third kappa shape index (κ3) is 3.39. The first-order valence-electron chi connectivity index (χ1n) is 5.63. The maximum Gasteiger partial charge on any atom is 0.257 e. The van der Waals surface area contributed by atoms with E-state index in [4.69, 9.17) is 11.6 Å². The van der Waals surface area contributed by atoms with Crippen molar-refractivity contribution in [2.75, 3.05) is 0 Å². The smallest absolute Gasteiger partial charge is 0.257 e. The van der Waals surface area contributed by atoms with Crippen LogP contribution in [0.4, 0.5) is 22.0 Å². The van der Waals surface area contributed by atoms with E-state index in [1.165, 1.54) is 6.92 Å². The van der Waals surface area contributed by atoms with E-state index in [1.807, 2.05) is 0 Å². The fourth-order valence-electron chi connectivity index (χ4n) is 1.65. The number of hydrogen-bond acceptors (Lipinski definition) is 1. The molecule has 0 fully saturated rings. The highest BCUT2D eigenvalue weighted by molar-refractivity contribution is 6.20. The first-order valence-corrected chi connectivity index (χ1v) is 6.06. The van der Waals surface area contributed by atoms with Crippen LogP contribution in [0.5, 0.6) is 0 Å². The Morgan fingerprint density at radius 3 is 1.80 bits per heavy atom. The molecule has 0 aliphatic heterocycles. The highest BCUT2D eigenvalue weighted by Gasteiger charge is 2.30. The van der Waals surface area contributed by atoms with Crippen LogP contribution in [-0.2, 0) is 0 Å². The lowest BCUT2D eigenvalue weighted by Gasteiger charge is -2.16. The largest absolute Gasteiger partial charge is 0.349 e. The van der Waals surface area contributed by atoms with Crippen molar-refractivity contribution in [1.29, 1.82) is 0 Å². The molecule has 0 aromatic heterocycles. The summed E-state index contributed by atoms with van der Waals surface area (Å²) < 4.78 is 65.4. The lowest BCUT2D eigenvalue weighted by atomic mass is 10.1. The number of hydrogen-bond donors (Lipinski definition) is 1. The number of rotatable bonds is 4. The molecule has 1 rings (SSSR count). The van der Waals surface area contributed by atoms with E-state index in [2.05, 4.69) is 5.32 Å². The van der Waals surface area contributed by atoms with Gasteiger partial charge in [0.1, 0.15) is 5.56 Å². The van der Waals surface area contributed by atoms with Crippen LogP contribution in [0.2, 0.25) is 0 Å². The Morgan fingerprint density at radius 2 is 1.40 bits per heavy atom. The van der Waals surface area contributed by atoms with Gasteiger partial charge in [0.25, 0.3) is 5.91 Å². The van der Waals surface area contributed by atoms with Crippen molar-refractivity contribution in [3.8, 4) is 0 Å². The zero-order valence-corrected chi connectivity index (χ0v) is 11.3. The van der Waals surface area contributed by atoms with Gasteiger partial charge in [-0.2, -0.15) is 0 Å². The second kappa shape index (κ2) is 6.39. The summed E-state index contributed by atoms with van der Waals surface area (Å²) in [6, 6.07) is -0.593. The molecule has 112 valence electrons. The molecule has 1 aromatic rings. The predicted molar refractivity (Wildman–Crippen MR) is 63.1 cm³/mol. The molecule has 0 aliphatic carbocycles. The Kier molecular flexibility index (Phi) is 5.33. The van der Waals surface area contributed by atoms with Crippen LogP contribution in [0.3, 0.4) is 0 Å². The second-order valence-electron chi connectivity index (χ2n) is 4.34. The Bertz CT molecular complexity index is 506. The molecule has 2 nitrogen and oxygen atoms in total. The monoisotopic (exact) mass is 315 g/mol. The van der Waals surface area contributed by atoms with Gasteiger partial charge in [-0.1, -0.05) is 0 Å². The van der Waals surface area contributed by atoms with Gasteiger partial charge in [-0.3, -0.25) is 4.79 Å². The van der Waals surface area contributed by atoms with Crippen LogP contribution >= 0.6 is 11.6 Å². The number of alkyl halides is 1. The standard InChI is InChI=1S/C12H11ClF5NO/c1-4(13)3-5(2)19-12(20)6-7(14)9(16)11(18)10(17)8(6)15/h4-5H,3H2,1-2H3,(H,19,20). The summed E-state index contributed by atoms with van der Waals surface area (Å²) >= 11 is 5.67. The fraction of sp³-hybridized carbons (Fsp3) is 0.417. The number of carbonyl (C=O) groups excluding carboxylic acids is 1. The Hall–Kier alpha value is -1.37. The lowest BCUT2D eigenvalue weighted by molar-refractivity contribution is 0.0926. The summed E-state index contributed by atoms with van der Waals surface area (Å²) in [6.07, 6.45) is 0.267. The van der Waals surface area contributed by atoms with Gasteiger partial charge >= 0.3 is 0 Å². The van der Waals surface area contributed by atoms with Gasteiger partial charge in [0.15, 0.2) is 23.3 Å². The highest BCUT2D eigenvalue weighted by atomic mass is 35.5.